The Morgan fingerprint density at radius 2 is 2.00 bits per heavy atom. The number of carbonyl (C=O) groups excluding carboxylic acids is 1. The summed E-state index contributed by atoms with van der Waals surface area (Å²) in [7, 11) is 0. The van der Waals surface area contributed by atoms with Crippen LogP contribution in [0.15, 0.2) is 12.2 Å². The molecule has 0 heterocycles. The van der Waals surface area contributed by atoms with E-state index in [-0.39, 0.29) is 5.57 Å². The maximum absolute atomic E-state index is 10.8. The van der Waals surface area contributed by atoms with Crippen LogP contribution in [0.3, 0.4) is 0 Å². The van der Waals surface area contributed by atoms with Crippen molar-refractivity contribution in [2.75, 3.05) is 13.2 Å². The van der Waals surface area contributed by atoms with Gasteiger partial charge in [0, 0.05) is 12.1 Å². The van der Waals surface area contributed by atoms with Crippen LogP contribution in [0.4, 0.5) is 4.79 Å². The molecule has 0 aromatic rings. The third-order valence-corrected chi connectivity index (χ3v) is 1.98. The number of carboxylic acid groups (broad SMARTS) is 1. The Morgan fingerprint density at radius 1 is 1.31 bits per heavy atom. The lowest BCUT2D eigenvalue weighted by molar-refractivity contribution is -0.132. The molecule has 0 aromatic heterocycles. The zero-order valence-corrected chi connectivity index (χ0v) is 9.62. The van der Waals surface area contributed by atoms with Gasteiger partial charge in [-0.1, -0.05) is 6.58 Å². The average Bonchev–Trinajstić information content (AvgIpc) is 2.23. The molecule has 0 saturated carbocycles. The summed E-state index contributed by atoms with van der Waals surface area (Å²) in [6.07, 6.45) is 2.40. The van der Waals surface area contributed by atoms with E-state index in [0.29, 0.717) is 19.6 Å². The number of ether oxygens (including phenoxy) is 1. The smallest absolute Gasteiger partial charge is 0.407 e. The number of carboxylic acids is 1. The molecule has 0 rings (SSSR count). The molecule has 0 radical (unpaired) electrons. The van der Waals surface area contributed by atoms with Gasteiger partial charge in [0.2, 0.25) is 0 Å². The highest BCUT2D eigenvalue weighted by atomic mass is 16.5. The van der Waals surface area contributed by atoms with Crippen molar-refractivity contribution in [3.63, 3.8) is 0 Å². The van der Waals surface area contributed by atoms with Gasteiger partial charge in [0.25, 0.3) is 0 Å². The van der Waals surface area contributed by atoms with E-state index in [2.05, 4.69) is 11.9 Å². The van der Waals surface area contributed by atoms with E-state index in [1.807, 2.05) is 6.92 Å². The Labute approximate surface area is 95.5 Å². The van der Waals surface area contributed by atoms with Crippen molar-refractivity contribution in [3.05, 3.63) is 12.2 Å². The summed E-state index contributed by atoms with van der Waals surface area (Å²) in [5.74, 6) is -0.946. The second kappa shape index (κ2) is 8.76. The summed E-state index contributed by atoms with van der Waals surface area (Å²) >= 11 is 0. The van der Waals surface area contributed by atoms with E-state index < -0.39 is 12.1 Å². The molecule has 16 heavy (non-hydrogen) atoms. The number of amides is 1. The summed E-state index contributed by atoms with van der Waals surface area (Å²) in [5, 5.41) is 11.1. The fraction of sp³-hybridized carbons (Fsp3) is 0.636. The molecule has 0 aromatic carbocycles. The average molecular weight is 229 g/mol. The highest BCUT2D eigenvalue weighted by molar-refractivity contribution is 5.85. The van der Waals surface area contributed by atoms with E-state index in [9.17, 15) is 9.59 Å². The van der Waals surface area contributed by atoms with Crippen molar-refractivity contribution in [2.45, 2.75) is 32.6 Å². The third kappa shape index (κ3) is 7.84. The van der Waals surface area contributed by atoms with Crippen molar-refractivity contribution < 1.29 is 19.4 Å². The van der Waals surface area contributed by atoms with Crippen LogP contribution in [0, 0.1) is 0 Å². The minimum atomic E-state index is -0.946. The zero-order valence-electron chi connectivity index (χ0n) is 9.62. The molecule has 92 valence electrons. The van der Waals surface area contributed by atoms with Crippen molar-refractivity contribution in [3.8, 4) is 0 Å². The lowest BCUT2D eigenvalue weighted by atomic mass is 10.1. The topological polar surface area (TPSA) is 75.6 Å². The van der Waals surface area contributed by atoms with Crippen molar-refractivity contribution >= 4 is 12.1 Å². The highest BCUT2D eigenvalue weighted by Crippen LogP contribution is 2.07. The first-order valence-electron chi connectivity index (χ1n) is 5.39. The van der Waals surface area contributed by atoms with Gasteiger partial charge in [-0.05, 0) is 32.6 Å². The number of nitrogens with one attached hydrogen (secondary N) is 1. The van der Waals surface area contributed by atoms with Gasteiger partial charge >= 0.3 is 12.1 Å². The van der Waals surface area contributed by atoms with E-state index >= 15 is 0 Å². The number of hydrogen-bond acceptors (Lipinski definition) is 3. The largest absolute Gasteiger partial charge is 0.478 e. The van der Waals surface area contributed by atoms with Gasteiger partial charge in [-0.25, -0.2) is 9.59 Å². The van der Waals surface area contributed by atoms with Crippen LogP contribution >= 0.6 is 0 Å². The van der Waals surface area contributed by atoms with Crippen LogP contribution < -0.4 is 5.32 Å². The van der Waals surface area contributed by atoms with Crippen LogP contribution in [0.5, 0.6) is 0 Å². The molecule has 0 aliphatic rings. The highest BCUT2D eigenvalue weighted by Gasteiger charge is 2.03. The minimum Gasteiger partial charge on any atom is -0.478 e. The lowest BCUT2D eigenvalue weighted by Gasteiger charge is -2.04. The predicted molar refractivity (Wildman–Crippen MR) is 60.3 cm³/mol. The number of rotatable bonds is 8. The first kappa shape index (κ1) is 14.5. The van der Waals surface area contributed by atoms with Crippen molar-refractivity contribution in [1.82, 2.24) is 5.32 Å². The quantitative estimate of drug-likeness (QED) is 0.492. The van der Waals surface area contributed by atoms with Crippen LogP contribution in [0.2, 0.25) is 0 Å². The molecule has 5 nitrogen and oxygen atoms in total. The van der Waals surface area contributed by atoms with Crippen molar-refractivity contribution in [2.24, 2.45) is 0 Å². The fourth-order valence-corrected chi connectivity index (χ4v) is 1.08. The summed E-state index contributed by atoms with van der Waals surface area (Å²) in [5.41, 5.74) is 0.227. The fourth-order valence-electron chi connectivity index (χ4n) is 1.08. The lowest BCUT2D eigenvalue weighted by Crippen LogP contribution is -2.23. The molecule has 1 amide bonds. The number of unbranched alkanes of at least 4 members (excludes halogenated alkanes) is 2. The predicted octanol–water partition coefficient (Wildman–Crippen LogP) is 1.93. The Bertz CT molecular complexity index is 250. The number of aliphatic carboxylic acids is 1. The molecule has 0 aliphatic heterocycles. The first-order valence-corrected chi connectivity index (χ1v) is 5.39. The van der Waals surface area contributed by atoms with E-state index in [1.165, 1.54) is 0 Å². The molecule has 0 unspecified atom stereocenters. The molecule has 0 atom stereocenters. The van der Waals surface area contributed by atoms with E-state index in [4.69, 9.17) is 9.84 Å². The second-order valence-corrected chi connectivity index (χ2v) is 3.39. The Kier molecular flexibility index (Phi) is 7.93. The van der Waals surface area contributed by atoms with E-state index in [0.717, 1.165) is 19.3 Å². The molecule has 0 bridgehead atoms. The second-order valence-electron chi connectivity index (χ2n) is 3.39. The third-order valence-electron chi connectivity index (χ3n) is 1.98. The van der Waals surface area contributed by atoms with Gasteiger partial charge in [-0.2, -0.15) is 0 Å². The monoisotopic (exact) mass is 229 g/mol. The molecule has 0 aliphatic carbocycles. The Balaban J connectivity index is 3.31. The van der Waals surface area contributed by atoms with E-state index in [1.54, 1.807) is 0 Å². The van der Waals surface area contributed by atoms with Gasteiger partial charge in [-0.3, -0.25) is 0 Å². The maximum Gasteiger partial charge on any atom is 0.407 e. The zero-order chi connectivity index (χ0) is 12.4. The normalized spacial score (nSPS) is 9.56. The van der Waals surface area contributed by atoms with Gasteiger partial charge in [-0.15, -0.1) is 0 Å². The first-order chi connectivity index (χ1) is 7.57. The van der Waals surface area contributed by atoms with Gasteiger partial charge in [0.05, 0.1) is 6.61 Å². The summed E-state index contributed by atoms with van der Waals surface area (Å²) < 4.78 is 4.85. The summed E-state index contributed by atoms with van der Waals surface area (Å²) in [4.78, 5) is 21.3. The molecule has 0 spiro atoms. The number of hydrogen-bond donors (Lipinski definition) is 2. The number of carbonyl (C=O) groups is 2. The molecule has 2 N–H and O–H groups in total. The Hall–Kier alpha value is -1.52. The molecule has 0 saturated heterocycles. The number of alkyl carbamates (subject to hydrolysis) is 1. The Morgan fingerprint density at radius 3 is 2.56 bits per heavy atom. The maximum atomic E-state index is 10.8. The van der Waals surface area contributed by atoms with Gasteiger partial charge in [0.15, 0.2) is 0 Å². The van der Waals surface area contributed by atoms with Gasteiger partial charge in [0.1, 0.15) is 0 Å². The van der Waals surface area contributed by atoms with Crippen LogP contribution in [0.25, 0.3) is 0 Å². The van der Waals surface area contributed by atoms with Crippen LogP contribution in [-0.2, 0) is 9.53 Å². The molecule has 0 fully saturated rings. The molecule has 5 heteroatoms. The van der Waals surface area contributed by atoms with Crippen LogP contribution in [0.1, 0.15) is 32.6 Å². The van der Waals surface area contributed by atoms with Gasteiger partial charge < -0.3 is 15.2 Å². The SMILES string of the molecule is C=C(CCCCCOC(=O)NCC)C(=O)O. The van der Waals surface area contributed by atoms with Crippen molar-refractivity contribution in [1.29, 1.82) is 0 Å². The minimum absolute atomic E-state index is 0.227. The van der Waals surface area contributed by atoms with Crippen LogP contribution in [-0.4, -0.2) is 30.3 Å². The standard InChI is InChI=1S/C11H19NO4/c1-3-12-11(15)16-8-6-4-5-7-9(2)10(13)14/h2-8H2,1H3,(H,12,15)(H,13,14). The molecular weight excluding hydrogens is 210 g/mol. The molecular formula is C11H19NO4. The summed E-state index contributed by atoms with van der Waals surface area (Å²) in [6.45, 7) is 6.17. The summed E-state index contributed by atoms with van der Waals surface area (Å²) in [6, 6.07) is 0.